The molecule has 0 bridgehead atoms. The second-order valence-electron chi connectivity index (χ2n) is 5.42. The van der Waals surface area contributed by atoms with Crippen molar-refractivity contribution in [1.82, 2.24) is 4.90 Å². The molecule has 0 fully saturated rings. The van der Waals surface area contributed by atoms with Crippen LogP contribution in [0.25, 0.3) is 0 Å². The topological polar surface area (TPSA) is 72.6 Å². The lowest BCUT2D eigenvalue weighted by Gasteiger charge is -2.17. The summed E-state index contributed by atoms with van der Waals surface area (Å²) >= 11 is 1.97. The molecular formula is C15H20FIN2O3. The van der Waals surface area contributed by atoms with Crippen molar-refractivity contribution >= 4 is 34.5 Å². The third-order valence-electron chi connectivity index (χ3n) is 2.84. The Hall–Kier alpha value is -1.22. The van der Waals surface area contributed by atoms with E-state index >= 15 is 0 Å². The van der Waals surface area contributed by atoms with Crippen LogP contribution in [0.15, 0.2) is 12.1 Å². The first-order valence-electron chi connectivity index (χ1n) is 6.79. The van der Waals surface area contributed by atoms with E-state index in [0.29, 0.717) is 9.13 Å². The van der Waals surface area contributed by atoms with Gasteiger partial charge in [0, 0.05) is 17.7 Å². The van der Waals surface area contributed by atoms with Crippen molar-refractivity contribution in [2.45, 2.75) is 32.4 Å². The number of carbonyl (C=O) groups is 2. The monoisotopic (exact) mass is 422 g/mol. The molecule has 2 N–H and O–H groups in total. The van der Waals surface area contributed by atoms with Crippen LogP contribution in [-0.4, -0.2) is 43.0 Å². The Labute approximate surface area is 143 Å². The molecule has 0 saturated heterocycles. The molecule has 0 aliphatic carbocycles. The number of carbonyl (C=O) groups excluding carboxylic acids is 2. The summed E-state index contributed by atoms with van der Waals surface area (Å²) in [5.74, 6) is -1.39. The number of amides is 1. The van der Waals surface area contributed by atoms with E-state index in [-0.39, 0.29) is 24.0 Å². The zero-order valence-electron chi connectivity index (χ0n) is 13.0. The minimum atomic E-state index is -0.903. The van der Waals surface area contributed by atoms with Crippen LogP contribution in [0, 0.1) is 9.39 Å². The highest BCUT2D eigenvalue weighted by molar-refractivity contribution is 14.1. The van der Waals surface area contributed by atoms with Crippen molar-refractivity contribution in [2.75, 3.05) is 14.1 Å². The molecule has 5 nitrogen and oxygen atoms in total. The summed E-state index contributed by atoms with van der Waals surface area (Å²) in [5.41, 5.74) is 6.57. The van der Waals surface area contributed by atoms with Crippen LogP contribution in [0.4, 0.5) is 4.39 Å². The highest BCUT2D eigenvalue weighted by Gasteiger charge is 2.22. The first kappa shape index (κ1) is 18.8. The van der Waals surface area contributed by atoms with Crippen molar-refractivity contribution < 1.29 is 18.7 Å². The molecule has 0 radical (unpaired) electrons. The van der Waals surface area contributed by atoms with Gasteiger partial charge in [-0.2, -0.15) is 0 Å². The van der Waals surface area contributed by atoms with Gasteiger partial charge in [0.25, 0.3) is 5.91 Å². The maximum Gasteiger partial charge on any atom is 0.323 e. The molecule has 0 aromatic heterocycles. The van der Waals surface area contributed by atoms with Gasteiger partial charge in [-0.25, -0.2) is 4.39 Å². The van der Waals surface area contributed by atoms with Crippen molar-refractivity contribution in [3.05, 3.63) is 32.6 Å². The number of hydrogen-bond acceptors (Lipinski definition) is 4. The molecule has 1 amide bonds. The van der Waals surface area contributed by atoms with Crippen LogP contribution in [0.5, 0.6) is 0 Å². The second kappa shape index (κ2) is 7.87. The Bertz CT molecular complexity index is 576. The smallest absolute Gasteiger partial charge is 0.323 e. The van der Waals surface area contributed by atoms with E-state index in [1.54, 1.807) is 27.9 Å². The van der Waals surface area contributed by atoms with Crippen LogP contribution in [0.2, 0.25) is 0 Å². The summed E-state index contributed by atoms with van der Waals surface area (Å²) in [5, 5.41) is 0. The summed E-state index contributed by atoms with van der Waals surface area (Å²) in [4.78, 5) is 25.2. The van der Waals surface area contributed by atoms with E-state index in [9.17, 15) is 14.0 Å². The summed E-state index contributed by atoms with van der Waals surface area (Å²) in [6.45, 7) is 3.45. The Balaban J connectivity index is 3.05. The largest absolute Gasteiger partial charge is 0.462 e. The molecule has 0 aliphatic rings. The van der Waals surface area contributed by atoms with Crippen LogP contribution in [0.3, 0.4) is 0 Å². The fourth-order valence-electron chi connectivity index (χ4n) is 1.83. The lowest BCUT2D eigenvalue weighted by molar-refractivity contribution is -0.148. The van der Waals surface area contributed by atoms with Crippen molar-refractivity contribution in [2.24, 2.45) is 5.73 Å². The van der Waals surface area contributed by atoms with Gasteiger partial charge in [-0.05, 0) is 60.6 Å². The molecule has 7 heteroatoms. The number of ether oxygens (including phenoxy) is 1. The Morgan fingerprint density at radius 1 is 1.36 bits per heavy atom. The number of nitrogens with zero attached hydrogens (tertiary/aromatic N) is 1. The first-order valence-corrected chi connectivity index (χ1v) is 7.87. The molecule has 0 aliphatic heterocycles. The van der Waals surface area contributed by atoms with Crippen LogP contribution < -0.4 is 5.73 Å². The zero-order chi connectivity index (χ0) is 17.0. The molecule has 0 heterocycles. The number of hydrogen-bond donors (Lipinski definition) is 1. The molecule has 1 rings (SSSR count). The number of esters is 1. The lowest BCUT2D eigenvalue weighted by Crippen LogP contribution is -2.36. The Kier molecular flexibility index (Phi) is 6.73. The average Bonchev–Trinajstić information content (AvgIpc) is 2.40. The number of halogens is 2. The van der Waals surface area contributed by atoms with Gasteiger partial charge in [0.2, 0.25) is 0 Å². The number of rotatable bonds is 5. The summed E-state index contributed by atoms with van der Waals surface area (Å²) in [6.07, 6.45) is -0.161. The van der Waals surface area contributed by atoms with E-state index < -0.39 is 17.8 Å². The number of nitrogens with two attached hydrogens (primary N) is 1. The minimum Gasteiger partial charge on any atom is -0.462 e. The predicted octanol–water partition coefficient (Wildman–Crippen LogP) is 1.95. The number of benzene rings is 1. The molecule has 122 valence electrons. The fraction of sp³-hybridized carbons (Fsp3) is 0.467. The molecule has 1 unspecified atom stereocenters. The van der Waals surface area contributed by atoms with Crippen molar-refractivity contribution in [1.29, 1.82) is 0 Å². The second-order valence-corrected chi connectivity index (χ2v) is 6.50. The highest BCUT2D eigenvalue weighted by atomic mass is 127. The van der Waals surface area contributed by atoms with Gasteiger partial charge in [-0.3, -0.25) is 9.59 Å². The van der Waals surface area contributed by atoms with Crippen LogP contribution in [0.1, 0.15) is 29.8 Å². The van der Waals surface area contributed by atoms with Gasteiger partial charge in [-0.1, -0.05) is 0 Å². The molecule has 1 atom stereocenters. The van der Waals surface area contributed by atoms with E-state index in [0.717, 1.165) is 0 Å². The van der Waals surface area contributed by atoms with Gasteiger partial charge in [0.05, 0.1) is 11.7 Å². The van der Waals surface area contributed by atoms with Crippen molar-refractivity contribution in [3.8, 4) is 0 Å². The van der Waals surface area contributed by atoms with Crippen molar-refractivity contribution in [3.63, 3.8) is 0 Å². The SMILES string of the molecule is CC(C)OC(=O)C(N)Cc1cc(F)cc(C(=O)N(C)C)c1I. The molecular weight excluding hydrogens is 402 g/mol. The molecule has 0 spiro atoms. The van der Waals surface area contributed by atoms with Gasteiger partial charge < -0.3 is 15.4 Å². The van der Waals surface area contributed by atoms with E-state index in [4.69, 9.17) is 10.5 Å². The normalized spacial score (nSPS) is 12.2. The summed E-state index contributed by atoms with van der Waals surface area (Å²) in [7, 11) is 3.18. The average molecular weight is 422 g/mol. The molecule has 1 aromatic carbocycles. The zero-order valence-corrected chi connectivity index (χ0v) is 15.2. The lowest BCUT2D eigenvalue weighted by atomic mass is 10.0. The maximum absolute atomic E-state index is 13.8. The summed E-state index contributed by atoms with van der Waals surface area (Å²) < 4.78 is 19.4. The Morgan fingerprint density at radius 2 is 1.95 bits per heavy atom. The predicted molar refractivity (Wildman–Crippen MR) is 90.0 cm³/mol. The van der Waals surface area contributed by atoms with Gasteiger partial charge in [0.1, 0.15) is 11.9 Å². The van der Waals surface area contributed by atoms with E-state index in [2.05, 4.69) is 0 Å². The highest BCUT2D eigenvalue weighted by Crippen LogP contribution is 2.22. The fourth-order valence-corrected chi connectivity index (χ4v) is 2.59. The van der Waals surface area contributed by atoms with E-state index in [1.165, 1.54) is 17.0 Å². The van der Waals surface area contributed by atoms with Crippen LogP contribution in [-0.2, 0) is 16.0 Å². The van der Waals surface area contributed by atoms with Gasteiger partial charge >= 0.3 is 5.97 Å². The van der Waals surface area contributed by atoms with Gasteiger partial charge in [-0.15, -0.1) is 0 Å². The third-order valence-corrected chi connectivity index (χ3v) is 4.12. The standard InChI is InChI=1S/C15H20FIN2O3/c1-8(2)22-15(21)12(18)6-9-5-10(16)7-11(13(9)17)14(20)19(3)4/h5,7-8,12H,6,18H2,1-4H3. The first-order chi connectivity index (χ1) is 10.1. The summed E-state index contributed by atoms with van der Waals surface area (Å²) in [6, 6.07) is 1.57. The van der Waals surface area contributed by atoms with Crippen LogP contribution >= 0.6 is 22.6 Å². The maximum atomic E-state index is 13.8. The molecule has 0 saturated carbocycles. The Morgan fingerprint density at radius 3 is 2.45 bits per heavy atom. The molecule has 1 aromatic rings. The van der Waals surface area contributed by atoms with E-state index in [1.807, 2.05) is 22.6 Å². The molecule has 22 heavy (non-hydrogen) atoms. The minimum absolute atomic E-state index is 0.106. The van der Waals surface area contributed by atoms with Gasteiger partial charge in [0.15, 0.2) is 0 Å². The quantitative estimate of drug-likeness (QED) is 0.582. The third kappa shape index (κ3) is 4.91.